The van der Waals surface area contributed by atoms with Crippen LogP contribution in [0.25, 0.3) is 0 Å². The van der Waals surface area contributed by atoms with Crippen molar-refractivity contribution in [1.82, 2.24) is 4.90 Å². The first-order valence-corrected chi connectivity index (χ1v) is 6.37. The molecule has 15 heavy (non-hydrogen) atoms. The topological polar surface area (TPSA) is 23.5 Å². The van der Waals surface area contributed by atoms with Crippen LogP contribution in [0.2, 0.25) is 0 Å². The molecule has 0 aromatic carbocycles. The summed E-state index contributed by atoms with van der Waals surface area (Å²) >= 11 is 0. The zero-order chi connectivity index (χ0) is 11.3. The summed E-state index contributed by atoms with van der Waals surface area (Å²) in [6, 6.07) is 0. The van der Waals surface area contributed by atoms with Crippen molar-refractivity contribution in [2.24, 2.45) is 11.3 Å². The van der Waals surface area contributed by atoms with Gasteiger partial charge in [0.25, 0.3) is 0 Å². The zero-order valence-corrected chi connectivity index (χ0v) is 10.6. The van der Waals surface area contributed by atoms with E-state index in [1.165, 1.54) is 38.9 Å². The number of rotatable bonds is 5. The Hall–Kier alpha value is -0.0800. The van der Waals surface area contributed by atoms with Gasteiger partial charge in [-0.25, -0.2) is 0 Å². The summed E-state index contributed by atoms with van der Waals surface area (Å²) in [5.41, 5.74) is 0.472. The molecule has 1 aliphatic heterocycles. The van der Waals surface area contributed by atoms with E-state index in [4.69, 9.17) is 5.11 Å². The predicted octanol–water partition coefficient (Wildman–Crippen LogP) is 2.52. The molecule has 1 atom stereocenters. The van der Waals surface area contributed by atoms with Crippen LogP contribution in [0.4, 0.5) is 0 Å². The van der Waals surface area contributed by atoms with E-state index in [1.54, 1.807) is 0 Å². The van der Waals surface area contributed by atoms with Crippen LogP contribution in [0.1, 0.15) is 46.5 Å². The number of unbranched alkanes of at least 4 members (excludes halogenated alkanes) is 2. The van der Waals surface area contributed by atoms with Gasteiger partial charge in [-0.1, -0.05) is 20.8 Å². The standard InChI is InChI=1S/C13H27NO/c1-13(2,3)12-7-9-14(11-12)8-5-4-6-10-15/h12,15H,4-11H2,1-3H3. The Morgan fingerprint density at radius 1 is 1.20 bits per heavy atom. The van der Waals surface area contributed by atoms with E-state index in [2.05, 4.69) is 25.7 Å². The van der Waals surface area contributed by atoms with Gasteiger partial charge in [-0.05, 0) is 50.1 Å². The van der Waals surface area contributed by atoms with Gasteiger partial charge in [0.1, 0.15) is 0 Å². The molecule has 0 aliphatic carbocycles. The Morgan fingerprint density at radius 2 is 1.93 bits per heavy atom. The summed E-state index contributed by atoms with van der Waals surface area (Å²) < 4.78 is 0. The second-order valence-corrected chi connectivity index (χ2v) is 5.94. The van der Waals surface area contributed by atoms with Gasteiger partial charge >= 0.3 is 0 Å². The average Bonchev–Trinajstić information content (AvgIpc) is 2.60. The summed E-state index contributed by atoms with van der Waals surface area (Å²) in [6.45, 7) is 11.2. The molecular weight excluding hydrogens is 186 g/mol. The van der Waals surface area contributed by atoms with Crippen LogP contribution >= 0.6 is 0 Å². The van der Waals surface area contributed by atoms with Crippen molar-refractivity contribution in [3.8, 4) is 0 Å². The third kappa shape index (κ3) is 4.52. The molecule has 0 amide bonds. The molecule has 0 aromatic heterocycles. The molecule has 0 aromatic rings. The molecule has 1 rings (SSSR count). The van der Waals surface area contributed by atoms with Crippen molar-refractivity contribution in [2.45, 2.75) is 46.5 Å². The molecule has 90 valence electrons. The SMILES string of the molecule is CC(C)(C)C1CCN(CCCCCO)C1. The molecule has 1 unspecified atom stereocenters. The molecule has 1 fully saturated rings. The van der Waals surface area contributed by atoms with Crippen molar-refractivity contribution in [1.29, 1.82) is 0 Å². The van der Waals surface area contributed by atoms with Crippen LogP contribution in [0, 0.1) is 11.3 Å². The Labute approximate surface area is 94.7 Å². The molecule has 1 heterocycles. The normalized spacial score (nSPS) is 23.6. The molecule has 2 nitrogen and oxygen atoms in total. The second kappa shape index (κ2) is 5.86. The van der Waals surface area contributed by atoms with E-state index < -0.39 is 0 Å². The number of aliphatic hydroxyl groups excluding tert-OH is 1. The number of nitrogens with zero attached hydrogens (tertiary/aromatic N) is 1. The monoisotopic (exact) mass is 213 g/mol. The van der Waals surface area contributed by atoms with Gasteiger partial charge in [0.15, 0.2) is 0 Å². The first-order valence-electron chi connectivity index (χ1n) is 6.37. The lowest BCUT2D eigenvalue weighted by molar-refractivity contribution is 0.225. The maximum Gasteiger partial charge on any atom is 0.0431 e. The molecule has 1 aliphatic rings. The number of hydrogen-bond acceptors (Lipinski definition) is 2. The predicted molar refractivity (Wildman–Crippen MR) is 64.9 cm³/mol. The van der Waals surface area contributed by atoms with Gasteiger partial charge in [-0.15, -0.1) is 0 Å². The van der Waals surface area contributed by atoms with Gasteiger partial charge in [-0.3, -0.25) is 0 Å². The van der Waals surface area contributed by atoms with Crippen LogP contribution in [0.15, 0.2) is 0 Å². The minimum atomic E-state index is 0.352. The van der Waals surface area contributed by atoms with E-state index in [1.807, 2.05) is 0 Å². The van der Waals surface area contributed by atoms with Gasteiger partial charge in [0.2, 0.25) is 0 Å². The fourth-order valence-corrected chi connectivity index (χ4v) is 2.37. The van der Waals surface area contributed by atoms with Crippen LogP contribution in [0.5, 0.6) is 0 Å². The molecule has 2 heteroatoms. The summed E-state index contributed by atoms with van der Waals surface area (Å²) in [6.07, 6.45) is 4.75. The first-order chi connectivity index (χ1) is 7.04. The fraction of sp³-hybridized carbons (Fsp3) is 1.00. The highest BCUT2D eigenvalue weighted by atomic mass is 16.2. The zero-order valence-electron chi connectivity index (χ0n) is 10.6. The van der Waals surface area contributed by atoms with E-state index >= 15 is 0 Å². The fourth-order valence-electron chi connectivity index (χ4n) is 2.37. The molecule has 0 spiro atoms. The van der Waals surface area contributed by atoms with Crippen LogP contribution in [0.3, 0.4) is 0 Å². The molecule has 1 saturated heterocycles. The van der Waals surface area contributed by atoms with E-state index in [0.29, 0.717) is 12.0 Å². The Morgan fingerprint density at radius 3 is 2.47 bits per heavy atom. The van der Waals surface area contributed by atoms with Gasteiger partial charge in [-0.2, -0.15) is 0 Å². The van der Waals surface area contributed by atoms with Crippen LogP contribution in [-0.2, 0) is 0 Å². The minimum absolute atomic E-state index is 0.352. The number of aliphatic hydroxyl groups is 1. The van der Waals surface area contributed by atoms with Crippen molar-refractivity contribution < 1.29 is 5.11 Å². The molecule has 0 radical (unpaired) electrons. The third-order valence-electron chi connectivity index (χ3n) is 3.63. The second-order valence-electron chi connectivity index (χ2n) is 5.94. The Bertz CT molecular complexity index is 174. The average molecular weight is 213 g/mol. The van der Waals surface area contributed by atoms with Gasteiger partial charge in [0, 0.05) is 13.2 Å². The summed E-state index contributed by atoms with van der Waals surface area (Å²) in [7, 11) is 0. The van der Waals surface area contributed by atoms with Crippen LogP contribution in [-0.4, -0.2) is 36.2 Å². The van der Waals surface area contributed by atoms with Gasteiger partial charge in [0.05, 0.1) is 0 Å². The van der Waals surface area contributed by atoms with Crippen molar-refractivity contribution in [2.75, 3.05) is 26.2 Å². The lowest BCUT2D eigenvalue weighted by Gasteiger charge is -2.27. The van der Waals surface area contributed by atoms with Crippen molar-refractivity contribution >= 4 is 0 Å². The summed E-state index contributed by atoms with van der Waals surface area (Å²) in [5, 5.41) is 8.69. The highest BCUT2D eigenvalue weighted by Gasteiger charge is 2.31. The summed E-state index contributed by atoms with van der Waals surface area (Å²) in [5.74, 6) is 0.871. The van der Waals surface area contributed by atoms with Gasteiger partial charge < -0.3 is 10.0 Å². The maximum atomic E-state index is 8.69. The maximum absolute atomic E-state index is 8.69. The Balaban J connectivity index is 2.14. The smallest absolute Gasteiger partial charge is 0.0431 e. The summed E-state index contributed by atoms with van der Waals surface area (Å²) in [4.78, 5) is 2.59. The first kappa shape index (κ1) is 13.0. The number of hydrogen-bond donors (Lipinski definition) is 1. The molecular formula is C13H27NO. The lowest BCUT2D eigenvalue weighted by atomic mass is 9.80. The van der Waals surface area contributed by atoms with E-state index in [-0.39, 0.29) is 0 Å². The van der Waals surface area contributed by atoms with E-state index in [9.17, 15) is 0 Å². The van der Waals surface area contributed by atoms with Crippen LogP contribution < -0.4 is 0 Å². The molecule has 0 saturated carbocycles. The quantitative estimate of drug-likeness (QED) is 0.709. The largest absolute Gasteiger partial charge is 0.396 e. The number of likely N-dealkylation sites (tertiary alicyclic amines) is 1. The Kier molecular flexibility index (Phi) is 5.07. The third-order valence-corrected chi connectivity index (χ3v) is 3.63. The highest BCUT2D eigenvalue weighted by molar-refractivity contribution is 4.83. The minimum Gasteiger partial charge on any atom is -0.396 e. The van der Waals surface area contributed by atoms with E-state index in [0.717, 1.165) is 12.3 Å². The van der Waals surface area contributed by atoms with Crippen molar-refractivity contribution in [3.05, 3.63) is 0 Å². The highest BCUT2D eigenvalue weighted by Crippen LogP contribution is 2.33. The molecule has 1 N–H and O–H groups in total. The van der Waals surface area contributed by atoms with Crippen molar-refractivity contribution in [3.63, 3.8) is 0 Å². The molecule has 0 bridgehead atoms. The lowest BCUT2D eigenvalue weighted by Crippen LogP contribution is -2.26.